The summed E-state index contributed by atoms with van der Waals surface area (Å²) in [7, 11) is 0. The SMILES string of the molecule is O=C(O)c1cc(-c2ccncc2)nc2c(F)cccc12. The number of benzene rings is 1. The number of aromatic nitrogens is 2. The van der Waals surface area contributed by atoms with Gasteiger partial charge in [0.2, 0.25) is 0 Å². The van der Waals surface area contributed by atoms with Crippen LogP contribution in [-0.2, 0) is 0 Å². The Labute approximate surface area is 113 Å². The molecule has 98 valence electrons. The molecule has 2 aromatic heterocycles. The number of carboxylic acid groups (broad SMARTS) is 1. The van der Waals surface area contributed by atoms with Crippen LogP contribution in [0.1, 0.15) is 10.4 Å². The van der Waals surface area contributed by atoms with Gasteiger partial charge in [0.25, 0.3) is 0 Å². The van der Waals surface area contributed by atoms with Crippen molar-refractivity contribution in [2.45, 2.75) is 0 Å². The summed E-state index contributed by atoms with van der Waals surface area (Å²) < 4.78 is 13.9. The number of nitrogens with zero attached hydrogens (tertiary/aromatic N) is 2. The minimum Gasteiger partial charge on any atom is -0.478 e. The van der Waals surface area contributed by atoms with E-state index < -0.39 is 11.8 Å². The Bertz CT molecular complexity index is 804. The molecule has 20 heavy (non-hydrogen) atoms. The van der Waals surface area contributed by atoms with Crippen molar-refractivity contribution in [1.82, 2.24) is 9.97 Å². The van der Waals surface area contributed by atoms with Gasteiger partial charge in [-0.05, 0) is 24.3 Å². The second-order valence-electron chi connectivity index (χ2n) is 4.23. The molecule has 3 rings (SSSR count). The van der Waals surface area contributed by atoms with Crippen LogP contribution in [0.2, 0.25) is 0 Å². The summed E-state index contributed by atoms with van der Waals surface area (Å²) in [5.74, 6) is -1.65. The zero-order valence-corrected chi connectivity index (χ0v) is 10.2. The van der Waals surface area contributed by atoms with Gasteiger partial charge >= 0.3 is 5.97 Å². The van der Waals surface area contributed by atoms with Crippen molar-refractivity contribution in [2.24, 2.45) is 0 Å². The van der Waals surface area contributed by atoms with Crippen LogP contribution in [0.3, 0.4) is 0 Å². The molecule has 5 heteroatoms. The summed E-state index contributed by atoms with van der Waals surface area (Å²) in [5.41, 5.74) is 1.18. The van der Waals surface area contributed by atoms with Gasteiger partial charge in [-0.1, -0.05) is 12.1 Å². The minimum atomic E-state index is -1.11. The topological polar surface area (TPSA) is 63.1 Å². The number of pyridine rings is 2. The van der Waals surface area contributed by atoms with E-state index in [0.717, 1.165) is 0 Å². The number of hydrogen-bond acceptors (Lipinski definition) is 3. The number of carboxylic acids is 1. The lowest BCUT2D eigenvalue weighted by atomic mass is 10.0. The fraction of sp³-hybridized carbons (Fsp3) is 0. The molecular formula is C15H9FN2O2. The molecule has 0 aliphatic heterocycles. The van der Waals surface area contributed by atoms with E-state index in [1.165, 1.54) is 18.2 Å². The molecule has 4 nitrogen and oxygen atoms in total. The molecule has 0 aliphatic rings. The van der Waals surface area contributed by atoms with Crippen LogP contribution in [0.4, 0.5) is 4.39 Å². The lowest BCUT2D eigenvalue weighted by Gasteiger charge is -2.07. The molecule has 0 fully saturated rings. The summed E-state index contributed by atoms with van der Waals surface area (Å²) in [6.45, 7) is 0. The molecule has 0 aliphatic carbocycles. The Balaban J connectivity index is 2.36. The summed E-state index contributed by atoms with van der Waals surface area (Å²) >= 11 is 0. The smallest absolute Gasteiger partial charge is 0.336 e. The van der Waals surface area contributed by atoms with Crippen molar-refractivity contribution in [3.05, 3.63) is 60.2 Å². The van der Waals surface area contributed by atoms with Gasteiger partial charge in [0, 0.05) is 23.3 Å². The van der Waals surface area contributed by atoms with Crippen LogP contribution in [0.5, 0.6) is 0 Å². The highest BCUT2D eigenvalue weighted by Gasteiger charge is 2.14. The molecule has 0 radical (unpaired) electrons. The molecular weight excluding hydrogens is 259 g/mol. The second-order valence-corrected chi connectivity index (χ2v) is 4.23. The Kier molecular flexibility index (Phi) is 2.87. The second kappa shape index (κ2) is 4.70. The Hall–Kier alpha value is -2.82. The van der Waals surface area contributed by atoms with E-state index in [0.29, 0.717) is 11.3 Å². The van der Waals surface area contributed by atoms with Gasteiger partial charge in [0.15, 0.2) is 0 Å². The predicted molar refractivity (Wildman–Crippen MR) is 71.9 cm³/mol. The van der Waals surface area contributed by atoms with Gasteiger partial charge in [-0.3, -0.25) is 4.98 Å². The largest absolute Gasteiger partial charge is 0.478 e. The molecule has 0 saturated carbocycles. The number of carbonyl (C=O) groups is 1. The van der Waals surface area contributed by atoms with Crippen LogP contribution >= 0.6 is 0 Å². The third-order valence-electron chi connectivity index (χ3n) is 3.00. The summed E-state index contributed by atoms with van der Waals surface area (Å²) in [6, 6.07) is 9.11. The molecule has 0 atom stereocenters. The molecule has 3 aromatic rings. The van der Waals surface area contributed by atoms with Crippen molar-refractivity contribution >= 4 is 16.9 Å². The highest BCUT2D eigenvalue weighted by atomic mass is 19.1. The molecule has 0 unspecified atom stereocenters. The first-order valence-corrected chi connectivity index (χ1v) is 5.90. The van der Waals surface area contributed by atoms with E-state index in [1.54, 1.807) is 30.6 Å². The number of aromatic carboxylic acids is 1. The van der Waals surface area contributed by atoms with E-state index in [2.05, 4.69) is 9.97 Å². The average Bonchev–Trinajstić information content (AvgIpc) is 2.47. The quantitative estimate of drug-likeness (QED) is 0.775. The van der Waals surface area contributed by atoms with Crippen molar-refractivity contribution in [3.63, 3.8) is 0 Å². The van der Waals surface area contributed by atoms with Crippen LogP contribution in [0.15, 0.2) is 48.8 Å². The standard InChI is InChI=1S/C15H9FN2O2/c16-12-3-1-2-10-11(15(19)20)8-13(18-14(10)12)9-4-6-17-7-5-9/h1-8H,(H,19,20). The first-order chi connectivity index (χ1) is 9.66. The first kappa shape index (κ1) is 12.2. The molecule has 1 aromatic carbocycles. The number of halogens is 1. The third-order valence-corrected chi connectivity index (χ3v) is 3.00. The van der Waals surface area contributed by atoms with Gasteiger partial charge in [0.05, 0.1) is 11.3 Å². The number of rotatable bonds is 2. The van der Waals surface area contributed by atoms with Gasteiger partial charge in [0.1, 0.15) is 11.3 Å². The van der Waals surface area contributed by atoms with Crippen LogP contribution in [0.25, 0.3) is 22.2 Å². The van der Waals surface area contributed by atoms with Crippen molar-refractivity contribution < 1.29 is 14.3 Å². The zero-order chi connectivity index (χ0) is 14.1. The maximum absolute atomic E-state index is 13.9. The lowest BCUT2D eigenvalue weighted by Crippen LogP contribution is -2.01. The van der Waals surface area contributed by atoms with E-state index in [-0.39, 0.29) is 16.5 Å². The first-order valence-electron chi connectivity index (χ1n) is 5.90. The highest BCUT2D eigenvalue weighted by molar-refractivity contribution is 6.03. The summed E-state index contributed by atoms with van der Waals surface area (Å²) in [6.07, 6.45) is 3.14. The maximum atomic E-state index is 13.9. The number of fused-ring (bicyclic) bond motifs is 1. The van der Waals surface area contributed by atoms with Gasteiger partial charge in [-0.25, -0.2) is 14.2 Å². The molecule has 1 N–H and O–H groups in total. The Morgan fingerprint density at radius 3 is 2.60 bits per heavy atom. The van der Waals surface area contributed by atoms with Gasteiger partial charge in [-0.2, -0.15) is 0 Å². The van der Waals surface area contributed by atoms with E-state index >= 15 is 0 Å². The monoisotopic (exact) mass is 268 g/mol. The average molecular weight is 268 g/mol. The van der Waals surface area contributed by atoms with Crippen LogP contribution in [0, 0.1) is 5.82 Å². The fourth-order valence-electron chi connectivity index (χ4n) is 2.06. The Morgan fingerprint density at radius 1 is 1.15 bits per heavy atom. The van der Waals surface area contributed by atoms with Crippen LogP contribution < -0.4 is 0 Å². The van der Waals surface area contributed by atoms with Gasteiger partial charge < -0.3 is 5.11 Å². The fourth-order valence-corrected chi connectivity index (χ4v) is 2.06. The normalized spacial score (nSPS) is 10.7. The molecule has 0 spiro atoms. The predicted octanol–water partition coefficient (Wildman–Crippen LogP) is 3.13. The number of para-hydroxylation sites is 1. The lowest BCUT2D eigenvalue weighted by molar-refractivity contribution is 0.0699. The van der Waals surface area contributed by atoms with E-state index in [4.69, 9.17) is 0 Å². The van der Waals surface area contributed by atoms with E-state index in [1.807, 2.05) is 0 Å². The Morgan fingerprint density at radius 2 is 1.90 bits per heavy atom. The highest BCUT2D eigenvalue weighted by Crippen LogP contribution is 2.26. The van der Waals surface area contributed by atoms with Crippen LogP contribution in [-0.4, -0.2) is 21.0 Å². The minimum absolute atomic E-state index is 0.0290. The van der Waals surface area contributed by atoms with Crippen molar-refractivity contribution in [1.29, 1.82) is 0 Å². The molecule has 0 bridgehead atoms. The summed E-state index contributed by atoms with van der Waals surface area (Å²) in [4.78, 5) is 19.5. The summed E-state index contributed by atoms with van der Waals surface area (Å²) in [5, 5.41) is 9.57. The van der Waals surface area contributed by atoms with Gasteiger partial charge in [-0.15, -0.1) is 0 Å². The molecule has 2 heterocycles. The molecule has 0 saturated heterocycles. The third kappa shape index (κ3) is 1.99. The van der Waals surface area contributed by atoms with Crippen molar-refractivity contribution in [3.8, 4) is 11.3 Å². The molecule has 0 amide bonds. The number of hydrogen-bond donors (Lipinski definition) is 1. The van der Waals surface area contributed by atoms with Crippen molar-refractivity contribution in [2.75, 3.05) is 0 Å². The maximum Gasteiger partial charge on any atom is 0.336 e. The van der Waals surface area contributed by atoms with E-state index in [9.17, 15) is 14.3 Å². The zero-order valence-electron chi connectivity index (χ0n) is 10.2.